The second-order valence-corrected chi connectivity index (χ2v) is 9.81. The van der Waals surface area contributed by atoms with E-state index in [1.165, 1.54) is 43.5 Å². The average Bonchev–Trinajstić information content (AvgIpc) is 3.20. The zero-order chi connectivity index (χ0) is 29.5. The van der Waals surface area contributed by atoms with E-state index in [0.29, 0.717) is 28.0 Å². The van der Waals surface area contributed by atoms with Crippen LogP contribution in [0.5, 0.6) is 11.5 Å². The highest BCUT2D eigenvalue weighted by molar-refractivity contribution is 8.18. The summed E-state index contributed by atoms with van der Waals surface area (Å²) < 4.78 is 10.9. The number of nitrogens with zero attached hydrogens (tertiary/aromatic N) is 2. The van der Waals surface area contributed by atoms with E-state index in [1.54, 1.807) is 36.4 Å². The van der Waals surface area contributed by atoms with Crippen molar-refractivity contribution in [3.05, 3.63) is 92.3 Å². The van der Waals surface area contributed by atoms with E-state index in [-0.39, 0.29) is 27.8 Å². The van der Waals surface area contributed by atoms with Crippen LogP contribution in [0.1, 0.15) is 5.56 Å². The lowest BCUT2D eigenvalue weighted by Crippen LogP contribution is -2.36. The van der Waals surface area contributed by atoms with Crippen molar-refractivity contribution in [2.24, 2.45) is 0 Å². The molecule has 0 bridgehead atoms. The zero-order valence-electron chi connectivity index (χ0n) is 21.3. The van der Waals surface area contributed by atoms with E-state index in [4.69, 9.17) is 21.1 Å². The van der Waals surface area contributed by atoms with Gasteiger partial charge in [-0.1, -0.05) is 23.7 Å². The molecule has 1 saturated heterocycles. The van der Waals surface area contributed by atoms with Gasteiger partial charge < -0.3 is 20.1 Å². The molecule has 41 heavy (non-hydrogen) atoms. The number of ether oxygens (including phenoxy) is 2. The molecule has 1 heterocycles. The van der Waals surface area contributed by atoms with Crippen LogP contribution in [-0.2, 0) is 14.4 Å². The topological polar surface area (TPSA) is 157 Å². The second kappa shape index (κ2) is 13.0. The summed E-state index contributed by atoms with van der Waals surface area (Å²) in [5.41, 5.74) is 1.05. The third-order valence-corrected chi connectivity index (χ3v) is 6.65. The number of nitro groups is 1. The van der Waals surface area contributed by atoms with Crippen molar-refractivity contribution in [1.29, 1.82) is 0 Å². The normalized spacial score (nSPS) is 13.7. The number of rotatable bonds is 10. The Morgan fingerprint density at radius 1 is 1.00 bits per heavy atom. The molecule has 2 N–H and O–H groups in total. The molecule has 12 nitrogen and oxygen atoms in total. The van der Waals surface area contributed by atoms with Gasteiger partial charge in [0.25, 0.3) is 22.7 Å². The van der Waals surface area contributed by atoms with Crippen LogP contribution in [0.4, 0.5) is 21.9 Å². The number of carbonyl (C=O) groups excluding carboxylic acids is 4. The minimum absolute atomic E-state index is 0.112. The second-order valence-electron chi connectivity index (χ2n) is 8.38. The van der Waals surface area contributed by atoms with Gasteiger partial charge in [-0.15, -0.1) is 0 Å². The van der Waals surface area contributed by atoms with Crippen molar-refractivity contribution in [2.75, 3.05) is 30.9 Å². The van der Waals surface area contributed by atoms with Crippen LogP contribution < -0.4 is 20.1 Å². The van der Waals surface area contributed by atoms with E-state index in [2.05, 4.69) is 10.6 Å². The van der Waals surface area contributed by atoms with Gasteiger partial charge in [-0.3, -0.25) is 34.2 Å². The predicted molar refractivity (Wildman–Crippen MR) is 153 cm³/mol. The van der Waals surface area contributed by atoms with Crippen LogP contribution in [0.2, 0.25) is 5.02 Å². The molecule has 0 radical (unpaired) electrons. The number of halogens is 1. The Morgan fingerprint density at radius 3 is 2.44 bits per heavy atom. The van der Waals surface area contributed by atoms with Gasteiger partial charge in [0, 0.05) is 28.5 Å². The molecule has 4 rings (SSSR count). The molecule has 0 atom stereocenters. The first-order chi connectivity index (χ1) is 19.6. The SMILES string of the molecule is COc1cc(/C=C2\SC(=O)N(CC(=O)Nc3ccc(Cl)cc3)C2=O)ccc1OCC(=O)Nc1cccc([N+](=O)[O-])c1. The number of hydrogen-bond acceptors (Lipinski definition) is 9. The van der Waals surface area contributed by atoms with Gasteiger partial charge in [0.1, 0.15) is 6.54 Å². The van der Waals surface area contributed by atoms with Crippen LogP contribution >= 0.6 is 23.4 Å². The quantitative estimate of drug-likeness (QED) is 0.188. The molecular formula is C27H21ClN4O8S. The maximum atomic E-state index is 12.8. The van der Waals surface area contributed by atoms with Gasteiger partial charge >= 0.3 is 0 Å². The van der Waals surface area contributed by atoms with Crippen LogP contribution in [0, 0.1) is 10.1 Å². The van der Waals surface area contributed by atoms with E-state index in [9.17, 15) is 29.3 Å². The molecule has 1 fully saturated rings. The summed E-state index contributed by atoms with van der Waals surface area (Å²) in [4.78, 5) is 61.2. The standard InChI is InChI=1S/C27H21ClN4O8S/c1-39-22-11-16(5-10-21(22)40-15-25(34)30-19-3-2-4-20(13-19)32(37)38)12-23-26(35)31(27(36)41-23)14-24(33)29-18-8-6-17(28)7-9-18/h2-13H,14-15H2,1H3,(H,29,33)(H,30,34)/b23-12-. The Hall–Kier alpha value is -4.88. The smallest absolute Gasteiger partial charge is 0.294 e. The minimum atomic E-state index is -0.622. The summed E-state index contributed by atoms with van der Waals surface area (Å²) >= 11 is 6.53. The van der Waals surface area contributed by atoms with Gasteiger partial charge in [-0.05, 0) is 65.9 Å². The van der Waals surface area contributed by atoms with Crippen LogP contribution in [0.3, 0.4) is 0 Å². The Balaban J connectivity index is 1.37. The Kier molecular flexibility index (Phi) is 9.22. The molecular weight excluding hydrogens is 576 g/mol. The Morgan fingerprint density at radius 2 is 1.73 bits per heavy atom. The fraction of sp³-hybridized carbons (Fsp3) is 0.111. The van der Waals surface area contributed by atoms with Gasteiger partial charge in [0.2, 0.25) is 5.91 Å². The van der Waals surface area contributed by atoms with E-state index in [0.717, 1.165) is 4.90 Å². The number of benzene rings is 3. The van der Waals surface area contributed by atoms with E-state index in [1.807, 2.05) is 0 Å². The van der Waals surface area contributed by atoms with Crippen molar-refractivity contribution in [2.45, 2.75) is 0 Å². The Labute approximate surface area is 242 Å². The van der Waals surface area contributed by atoms with Crippen LogP contribution in [-0.4, -0.2) is 53.0 Å². The number of carbonyl (C=O) groups is 4. The van der Waals surface area contributed by atoms with E-state index >= 15 is 0 Å². The van der Waals surface area contributed by atoms with E-state index < -0.39 is 41.0 Å². The summed E-state index contributed by atoms with van der Waals surface area (Å²) in [7, 11) is 1.39. The molecule has 210 valence electrons. The molecule has 0 saturated carbocycles. The third-order valence-electron chi connectivity index (χ3n) is 5.49. The Bertz CT molecular complexity index is 1560. The number of amides is 4. The molecule has 4 amide bonds. The maximum absolute atomic E-state index is 12.8. The third kappa shape index (κ3) is 7.62. The molecule has 3 aromatic rings. The molecule has 1 aliphatic rings. The number of imide groups is 1. The number of nitro benzene ring substituents is 1. The predicted octanol–water partition coefficient (Wildman–Crippen LogP) is 4.95. The van der Waals surface area contributed by atoms with Gasteiger partial charge in [0.05, 0.1) is 16.9 Å². The van der Waals surface area contributed by atoms with Gasteiger partial charge in [-0.2, -0.15) is 0 Å². The number of anilines is 2. The molecule has 3 aromatic carbocycles. The highest BCUT2D eigenvalue weighted by Gasteiger charge is 2.36. The fourth-order valence-corrected chi connectivity index (χ4v) is 4.56. The van der Waals surface area contributed by atoms with Gasteiger partial charge in [0.15, 0.2) is 18.1 Å². The average molecular weight is 597 g/mol. The van der Waals surface area contributed by atoms with Crippen molar-refractivity contribution in [1.82, 2.24) is 4.90 Å². The number of methoxy groups -OCH3 is 1. The largest absolute Gasteiger partial charge is 0.493 e. The maximum Gasteiger partial charge on any atom is 0.294 e. The summed E-state index contributed by atoms with van der Waals surface area (Å²) in [5.74, 6) is -1.24. The van der Waals surface area contributed by atoms with Crippen molar-refractivity contribution in [3.8, 4) is 11.5 Å². The molecule has 0 aliphatic carbocycles. The number of hydrogen-bond donors (Lipinski definition) is 2. The van der Waals surface area contributed by atoms with Crippen LogP contribution in [0.15, 0.2) is 71.6 Å². The van der Waals surface area contributed by atoms with Crippen molar-refractivity contribution < 1.29 is 33.6 Å². The first-order valence-corrected chi connectivity index (χ1v) is 13.0. The molecule has 0 aromatic heterocycles. The molecule has 14 heteroatoms. The summed E-state index contributed by atoms with van der Waals surface area (Å²) in [6, 6.07) is 16.5. The molecule has 1 aliphatic heterocycles. The monoisotopic (exact) mass is 596 g/mol. The van der Waals surface area contributed by atoms with Gasteiger partial charge in [-0.25, -0.2) is 0 Å². The fourth-order valence-electron chi connectivity index (χ4n) is 3.60. The first kappa shape index (κ1) is 29.1. The lowest BCUT2D eigenvalue weighted by atomic mass is 10.2. The summed E-state index contributed by atoms with van der Waals surface area (Å²) in [6.45, 7) is -0.867. The summed E-state index contributed by atoms with van der Waals surface area (Å²) in [6.07, 6.45) is 1.48. The molecule has 0 spiro atoms. The van der Waals surface area contributed by atoms with Crippen molar-refractivity contribution in [3.63, 3.8) is 0 Å². The minimum Gasteiger partial charge on any atom is -0.493 e. The highest BCUT2D eigenvalue weighted by Crippen LogP contribution is 2.34. The zero-order valence-corrected chi connectivity index (χ0v) is 22.9. The van der Waals surface area contributed by atoms with Crippen molar-refractivity contribution >= 4 is 69.5 Å². The number of thioether (sulfide) groups is 1. The summed E-state index contributed by atoms with van der Waals surface area (Å²) in [5, 5.41) is 15.9. The number of nitrogens with one attached hydrogen (secondary N) is 2. The number of non-ortho nitro benzene ring substituents is 1. The lowest BCUT2D eigenvalue weighted by Gasteiger charge is -2.12. The van der Waals surface area contributed by atoms with Crippen LogP contribution in [0.25, 0.3) is 6.08 Å². The molecule has 0 unspecified atom stereocenters. The highest BCUT2D eigenvalue weighted by atomic mass is 35.5. The lowest BCUT2D eigenvalue weighted by molar-refractivity contribution is -0.384. The first-order valence-electron chi connectivity index (χ1n) is 11.8.